The number of anilines is 1. The molecule has 0 aromatic heterocycles. The van der Waals surface area contributed by atoms with Gasteiger partial charge in [-0.05, 0) is 49.1 Å². The Hall–Kier alpha value is -4.22. The predicted octanol–water partition coefficient (Wildman–Crippen LogP) is 5.57. The Balaban J connectivity index is 1.42. The summed E-state index contributed by atoms with van der Waals surface area (Å²) < 4.78 is 27.2. The molecule has 1 heterocycles. The second kappa shape index (κ2) is 15.7. The molecular formula is C35H38FN3O3. The molecule has 3 aromatic rings. The largest absolute Gasteiger partial charge is 0.486 e. The third-order valence-electron chi connectivity index (χ3n) is 7.27. The summed E-state index contributed by atoms with van der Waals surface area (Å²) in [6.07, 6.45) is 14.0. The Kier molecular flexibility index (Phi) is 11.5. The Bertz CT molecular complexity index is 1350. The minimum Gasteiger partial charge on any atom is -0.486 e. The summed E-state index contributed by atoms with van der Waals surface area (Å²) in [6, 6.07) is 22.9. The van der Waals surface area contributed by atoms with Gasteiger partial charge in [0.15, 0.2) is 11.6 Å². The first-order valence-electron chi connectivity index (χ1n) is 14.2. The average molecular weight is 568 g/mol. The highest BCUT2D eigenvalue weighted by Gasteiger charge is 2.30. The van der Waals surface area contributed by atoms with Gasteiger partial charge in [-0.25, -0.2) is 4.39 Å². The molecule has 1 aliphatic heterocycles. The van der Waals surface area contributed by atoms with Gasteiger partial charge in [0.25, 0.3) is 0 Å². The monoisotopic (exact) mass is 567 g/mol. The number of carbonyl (C=O) groups is 1. The van der Waals surface area contributed by atoms with Crippen LogP contribution >= 0.6 is 0 Å². The van der Waals surface area contributed by atoms with Crippen LogP contribution in [0.1, 0.15) is 36.8 Å². The maximum atomic E-state index is 15.0. The van der Waals surface area contributed by atoms with Crippen LogP contribution in [0.4, 0.5) is 10.1 Å². The van der Waals surface area contributed by atoms with Crippen LogP contribution in [0.2, 0.25) is 0 Å². The van der Waals surface area contributed by atoms with Gasteiger partial charge in [0.2, 0.25) is 5.91 Å². The number of halogens is 1. The number of morpholine rings is 1. The smallest absolute Gasteiger partial charge is 0.242 e. The number of ether oxygens (including phenoxy) is 2. The van der Waals surface area contributed by atoms with Gasteiger partial charge >= 0.3 is 0 Å². The van der Waals surface area contributed by atoms with E-state index in [2.05, 4.69) is 23.5 Å². The highest BCUT2D eigenvalue weighted by molar-refractivity contribution is 5.97. The van der Waals surface area contributed by atoms with Crippen molar-refractivity contribution in [3.05, 3.63) is 120 Å². The van der Waals surface area contributed by atoms with E-state index in [1.165, 1.54) is 12.1 Å². The van der Waals surface area contributed by atoms with Crippen LogP contribution in [0.25, 0.3) is 0 Å². The maximum absolute atomic E-state index is 15.0. The summed E-state index contributed by atoms with van der Waals surface area (Å²) in [5.41, 5.74) is 8.60. The van der Waals surface area contributed by atoms with Crippen molar-refractivity contribution < 1.29 is 18.7 Å². The van der Waals surface area contributed by atoms with E-state index in [1.807, 2.05) is 78.9 Å². The zero-order valence-corrected chi connectivity index (χ0v) is 23.8. The van der Waals surface area contributed by atoms with Gasteiger partial charge in [-0.3, -0.25) is 4.79 Å². The van der Waals surface area contributed by atoms with E-state index in [1.54, 1.807) is 12.1 Å². The SMILES string of the molecule is C#C/C=C\C=C/CC[C@@H]1O[C@H](COc2c(F)cccc2NC(=O)[C@@H](N)C(c2ccccc2)c2ccccc2)CN[C@@H]1C. The van der Waals surface area contributed by atoms with Gasteiger partial charge < -0.3 is 25.8 Å². The third kappa shape index (κ3) is 8.40. The van der Waals surface area contributed by atoms with Crippen LogP contribution < -0.4 is 21.1 Å². The van der Waals surface area contributed by atoms with Crippen molar-refractivity contribution in [2.45, 2.75) is 50.0 Å². The lowest BCUT2D eigenvalue weighted by Gasteiger charge is -2.35. The summed E-state index contributed by atoms with van der Waals surface area (Å²) in [5.74, 6) is 0.987. The Morgan fingerprint density at radius 3 is 2.48 bits per heavy atom. The van der Waals surface area contributed by atoms with Crippen molar-refractivity contribution in [3.8, 4) is 18.1 Å². The van der Waals surface area contributed by atoms with Crippen molar-refractivity contribution in [3.63, 3.8) is 0 Å². The number of allylic oxidation sites excluding steroid dienone is 4. The number of para-hydroxylation sites is 1. The fraction of sp³-hybridized carbons (Fsp3) is 0.286. The summed E-state index contributed by atoms with van der Waals surface area (Å²) >= 11 is 0. The van der Waals surface area contributed by atoms with Crippen LogP contribution in [0.15, 0.2) is 103 Å². The number of rotatable bonds is 12. The van der Waals surface area contributed by atoms with Crippen LogP contribution in [0.3, 0.4) is 0 Å². The molecule has 42 heavy (non-hydrogen) atoms. The number of carbonyl (C=O) groups excluding carboxylic acids is 1. The van der Waals surface area contributed by atoms with E-state index in [-0.39, 0.29) is 36.3 Å². The molecule has 7 heteroatoms. The minimum atomic E-state index is -0.935. The minimum absolute atomic E-state index is 0.0284. The second-order valence-corrected chi connectivity index (χ2v) is 10.3. The number of amides is 1. The molecule has 6 nitrogen and oxygen atoms in total. The van der Waals surface area contributed by atoms with E-state index < -0.39 is 23.7 Å². The summed E-state index contributed by atoms with van der Waals surface area (Å²) in [7, 11) is 0. The second-order valence-electron chi connectivity index (χ2n) is 10.3. The number of hydrogen-bond donors (Lipinski definition) is 3. The summed E-state index contributed by atoms with van der Waals surface area (Å²) in [5, 5.41) is 6.26. The van der Waals surface area contributed by atoms with Gasteiger partial charge in [0.05, 0.1) is 17.8 Å². The van der Waals surface area contributed by atoms with E-state index in [9.17, 15) is 9.18 Å². The van der Waals surface area contributed by atoms with Gasteiger partial charge in [-0.2, -0.15) is 0 Å². The molecule has 218 valence electrons. The van der Waals surface area contributed by atoms with Crippen molar-refractivity contribution in [1.82, 2.24) is 5.32 Å². The molecule has 1 fully saturated rings. The number of benzene rings is 3. The van der Waals surface area contributed by atoms with Crippen molar-refractivity contribution in [2.24, 2.45) is 5.73 Å². The van der Waals surface area contributed by atoms with Gasteiger partial charge in [0.1, 0.15) is 12.7 Å². The zero-order valence-electron chi connectivity index (χ0n) is 23.8. The Labute approximate surface area is 247 Å². The van der Waals surface area contributed by atoms with Crippen LogP contribution in [-0.4, -0.2) is 43.4 Å². The van der Waals surface area contributed by atoms with Gasteiger partial charge in [0, 0.05) is 18.5 Å². The topological polar surface area (TPSA) is 85.6 Å². The lowest BCUT2D eigenvalue weighted by molar-refractivity contribution is -0.117. The molecule has 0 spiro atoms. The number of nitrogens with one attached hydrogen (secondary N) is 2. The summed E-state index contributed by atoms with van der Waals surface area (Å²) in [4.78, 5) is 13.5. The molecule has 1 aliphatic rings. The van der Waals surface area contributed by atoms with Gasteiger partial charge in [-0.15, -0.1) is 6.42 Å². The van der Waals surface area contributed by atoms with Gasteiger partial charge in [-0.1, -0.05) is 90.9 Å². The summed E-state index contributed by atoms with van der Waals surface area (Å²) in [6.45, 7) is 2.76. The van der Waals surface area contributed by atoms with Crippen LogP contribution in [0.5, 0.6) is 5.75 Å². The molecule has 0 aliphatic carbocycles. The number of hydrogen-bond acceptors (Lipinski definition) is 5. The molecule has 4 rings (SSSR count). The molecule has 0 bridgehead atoms. The first-order chi connectivity index (χ1) is 20.5. The molecule has 4 N–H and O–H groups in total. The third-order valence-corrected chi connectivity index (χ3v) is 7.27. The van der Waals surface area contributed by atoms with Crippen LogP contribution in [-0.2, 0) is 9.53 Å². The highest BCUT2D eigenvalue weighted by atomic mass is 19.1. The maximum Gasteiger partial charge on any atom is 0.242 e. The molecule has 0 unspecified atom stereocenters. The standard InChI is InChI=1S/C35H38FN3O3/c1-3-4-5-6-7-14-22-31-25(2)38-23-28(42-31)24-41-34-29(36)20-15-21-30(34)39-35(40)33(37)32(26-16-10-8-11-17-26)27-18-12-9-13-19-27/h1,4-13,15-21,25,28,31-33,38H,14,22-24,37H2,2H3,(H,39,40)/b5-4-,7-6-/t25-,28+,31+,33+/m1/s1. The molecule has 3 aromatic carbocycles. The average Bonchev–Trinajstić information content (AvgIpc) is 3.01. The van der Waals surface area contributed by atoms with E-state index in [0.29, 0.717) is 6.54 Å². The molecular weight excluding hydrogens is 529 g/mol. The number of terminal acetylenes is 1. The van der Waals surface area contributed by atoms with E-state index >= 15 is 0 Å². The predicted molar refractivity (Wildman–Crippen MR) is 166 cm³/mol. The highest BCUT2D eigenvalue weighted by Crippen LogP contribution is 2.31. The Morgan fingerprint density at radius 1 is 1.12 bits per heavy atom. The zero-order chi connectivity index (χ0) is 29.7. The van der Waals surface area contributed by atoms with E-state index in [0.717, 1.165) is 24.0 Å². The lowest BCUT2D eigenvalue weighted by Crippen LogP contribution is -2.52. The normalized spacial score (nSPS) is 19.5. The lowest BCUT2D eigenvalue weighted by atomic mass is 9.85. The molecule has 1 amide bonds. The first-order valence-corrected chi connectivity index (χ1v) is 14.2. The number of nitrogens with two attached hydrogens (primary N) is 1. The van der Waals surface area contributed by atoms with Crippen molar-refractivity contribution in [2.75, 3.05) is 18.5 Å². The first kappa shape index (κ1) is 30.7. The molecule has 0 radical (unpaired) electrons. The van der Waals surface area contributed by atoms with Crippen molar-refractivity contribution in [1.29, 1.82) is 0 Å². The molecule has 0 saturated carbocycles. The Morgan fingerprint density at radius 2 is 1.81 bits per heavy atom. The van der Waals surface area contributed by atoms with Crippen molar-refractivity contribution >= 4 is 11.6 Å². The van der Waals surface area contributed by atoms with E-state index in [4.69, 9.17) is 21.6 Å². The molecule has 1 saturated heterocycles. The fourth-order valence-electron chi connectivity index (χ4n) is 5.05. The molecule has 4 atom stereocenters. The quantitative estimate of drug-likeness (QED) is 0.197. The fourth-order valence-corrected chi connectivity index (χ4v) is 5.05. The van der Waals surface area contributed by atoms with Crippen LogP contribution in [0, 0.1) is 18.2 Å².